The first-order chi connectivity index (χ1) is 8.28. The van der Waals surface area contributed by atoms with E-state index < -0.39 is 9.84 Å². The number of sulfone groups is 1. The van der Waals surface area contributed by atoms with Gasteiger partial charge in [-0.2, -0.15) is 0 Å². The van der Waals surface area contributed by atoms with Gasteiger partial charge in [-0.3, -0.25) is 4.79 Å². The highest BCUT2D eigenvalue weighted by molar-refractivity contribution is 7.89. The van der Waals surface area contributed by atoms with Crippen molar-refractivity contribution >= 4 is 26.6 Å². The van der Waals surface area contributed by atoms with Gasteiger partial charge in [-0.05, 0) is 31.5 Å². The number of hydrogen-bond donors (Lipinski definition) is 0. The molecular weight excluding hydrogens is 252 g/mol. The van der Waals surface area contributed by atoms with Gasteiger partial charge in [-0.15, -0.1) is 0 Å². The molecule has 0 spiro atoms. The van der Waals surface area contributed by atoms with Crippen LogP contribution in [0.25, 0.3) is 11.0 Å². The predicted octanol–water partition coefficient (Wildman–Crippen LogP) is 2.49. The van der Waals surface area contributed by atoms with Gasteiger partial charge in [0.2, 0.25) is 0 Å². The zero-order chi connectivity index (χ0) is 13.5. The third-order valence-corrected chi connectivity index (χ3v) is 3.57. The van der Waals surface area contributed by atoms with Gasteiger partial charge in [0.1, 0.15) is 11.3 Å². The smallest absolute Gasteiger partial charge is 0.163 e. The van der Waals surface area contributed by atoms with E-state index in [1.165, 1.54) is 13.2 Å². The van der Waals surface area contributed by atoms with Crippen LogP contribution in [-0.2, 0) is 15.6 Å². The molecule has 0 radical (unpaired) electrons. The molecule has 1 heterocycles. The van der Waals surface area contributed by atoms with Crippen molar-refractivity contribution < 1.29 is 17.6 Å². The molecule has 0 bridgehead atoms. The summed E-state index contributed by atoms with van der Waals surface area (Å²) < 4.78 is 28.0. The molecule has 0 aliphatic heterocycles. The van der Waals surface area contributed by atoms with Crippen molar-refractivity contribution in [3.63, 3.8) is 0 Å². The number of aryl methyl sites for hydroxylation is 1. The number of carbonyl (C=O) groups is 1. The van der Waals surface area contributed by atoms with Gasteiger partial charge in [-0.25, -0.2) is 8.42 Å². The summed E-state index contributed by atoms with van der Waals surface area (Å²) in [5.41, 5.74) is 1.80. The molecule has 1 aromatic carbocycles. The lowest BCUT2D eigenvalue weighted by Gasteiger charge is -2.00. The third-order valence-electron chi connectivity index (χ3n) is 2.71. The van der Waals surface area contributed by atoms with E-state index in [1.807, 2.05) is 0 Å². The van der Waals surface area contributed by atoms with Crippen molar-refractivity contribution in [1.29, 1.82) is 0 Å². The van der Waals surface area contributed by atoms with E-state index >= 15 is 0 Å². The second-order valence-electron chi connectivity index (χ2n) is 4.49. The van der Waals surface area contributed by atoms with E-state index in [1.54, 1.807) is 25.1 Å². The number of benzene rings is 1. The van der Waals surface area contributed by atoms with Crippen molar-refractivity contribution in [2.75, 3.05) is 6.26 Å². The second-order valence-corrected chi connectivity index (χ2v) is 6.63. The Labute approximate surface area is 106 Å². The van der Waals surface area contributed by atoms with Crippen molar-refractivity contribution in [2.45, 2.75) is 19.6 Å². The first kappa shape index (κ1) is 12.8. The number of hydrogen-bond acceptors (Lipinski definition) is 4. The maximum Gasteiger partial charge on any atom is 0.163 e. The number of furan rings is 1. The molecule has 0 unspecified atom stereocenters. The van der Waals surface area contributed by atoms with Crippen LogP contribution < -0.4 is 0 Å². The molecule has 5 heteroatoms. The van der Waals surface area contributed by atoms with Crippen molar-refractivity contribution in [2.24, 2.45) is 0 Å². The number of ketones is 1. The summed E-state index contributed by atoms with van der Waals surface area (Å²) in [7, 11) is -3.09. The highest BCUT2D eigenvalue weighted by Gasteiger charge is 2.16. The number of Topliss-reactive ketones (excluding diaryl/α,β-unsaturated/α-hetero) is 1. The summed E-state index contributed by atoms with van der Waals surface area (Å²) in [6.07, 6.45) is 1.18. The molecule has 96 valence electrons. The fraction of sp³-hybridized carbons (Fsp3) is 0.308. The fourth-order valence-corrected chi connectivity index (χ4v) is 2.88. The molecule has 18 heavy (non-hydrogen) atoms. The van der Waals surface area contributed by atoms with E-state index in [4.69, 9.17) is 4.42 Å². The minimum atomic E-state index is -3.09. The van der Waals surface area contributed by atoms with E-state index in [-0.39, 0.29) is 11.5 Å². The predicted molar refractivity (Wildman–Crippen MR) is 69.5 cm³/mol. The lowest BCUT2D eigenvalue weighted by molar-refractivity contribution is 0.101. The maximum absolute atomic E-state index is 11.6. The van der Waals surface area contributed by atoms with Gasteiger partial charge in [0, 0.05) is 11.6 Å². The zero-order valence-corrected chi connectivity index (χ0v) is 11.3. The summed E-state index contributed by atoms with van der Waals surface area (Å²) in [5.74, 6) is 0.446. The molecular formula is C13H14O4S. The minimum Gasteiger partial charge on any atom is -0.461 e. The summed E-state index contributed by atoms with van der Waals surface area (Å²) in [4.78, 5) is 11.6. The summed E-state index contributed by atoms with van der Waals surface area (Å²) >= 11 is 0. The number of rotatable bonds is 3. The second kappa shape index (κ2) is 4.24. The molecule has 0 saturated heterocycles. The van der Waals surface area contributed by atoms with Crippen molar-refractivity contribution in [1.82, 2.24) is 0 Å². The number of carbonyl (C=O) groups excluding carboxylic acids is 1. The molecule has 0 atom stereocenters. The van der Waals surface area contributed by atoms with Crippen LogP contribution in [0.3, 0.4) is 0 Å². The normalized spacial score (nSPS) is 11.9. The standard InChI is InChI=1S/C13H14O4S/c1-8(14)13-9(2)17-12-5-4-10(6-11(12)13)7-18(3,15)16/h4-6H,7H2,1-3H3. The van der Waals surface area contributed by atoms with Crippen LogP contribution in [0.1, 0.15) is 28.6 Å². The molecule has 0 N–H and O–H groups in total. The Morgan fingerprint density at radius 2 is 2.00 bits per heavy atom. The summed E-state index contributed by atoms with van der Waals surface area (Å²) in [5, 5.41) is 0.682. The molecule has 0 saturated carbocycles. The summed E-state index contributed by atoms with van der Waals surface area (Å²) in [6, 6.07) is 5.12. The lowest BCUT2D eigenvalue weighted by Crippen LogP contribution is -2.00. The van der Waals surface area contributed by atoms with Crippen molar-refractivity contribution in [3.8, 4) is 0 Å². The molecule has 1 aromatic heterocycles. The quantitative estimate of drug-likeness (QED) is 0.801. The van der Waals surface area contributed by atoms with Crippen molar-refractivity contribution in [3.05, 3.63) is 35.1 Å². The Hall–Kier alpha value is -1.62. The number of fused-ring (bicyclic) bond motifs is 1. The van der Waals surface area contributed by atoms with Gasteiger partial charge in [0.15, 0.2) is 15.6 Å². The van der Waals surface area contributed by atoms with Crippen LogP contribution in [0.2, 0.25) is 0 Å². The van der Waals surface area contributed by atoms with Gasteiger partial charge < -0.3 is 4.42 Å². The Bertz CT molecular complexity index is 723. The van der Waals surface area contributed by atoms with Crippen LogP contribution in [0.4, 0.5) is 0 Å². The first-order valence-electron chi connectivity index (χ1n) is 5.48. The molecule has 0 fully saturated rings. The third kappa shape index (κ3) is 2.46. The van der Waals surface area contributed by atoms with E-state index in [0.717, 1.165) is 0 Å². The molecule has 2 aromatic rings. The van der Waals surface area contributed by atoms with Crippen LogP contribution >= 0.6 is 0 Å². The SMILES string of the molecule is CC(=O)c1c(C)oc2ccc(CS(C)(=O)=O)cc12. The monoisotopic (exact) mass is 266 g/mol. The van der Waals surface area contributed by atoms with Crippen LogP contribution in [-0.4, -0.2) is 20.5 Å². The Morgan fingerprint density at radius 1 is 1.33 bits per heavy atom. The van der Waals surface area contributed by atoms with Gasteiger partial charge in [0.05, 0.1) is 11.3 Å². The van der Waals surface area contributed by atoms with Gasteiger partial charge in [0.25, 0.3) is 0 Å². The average molecular weight is 266 g/mol. The lowest BCUT2D eigenvalue weighted by atomic mass is 10.1. The van der Waals surface area contributed by atoms with E-state index in [0.29, 0.717) is 27.9 Å². The van der Waals surface area contributed by atoms with E-state index in [9.17, 15) is 13.2 Å². The Balaban J connectivity index is 2.63. The molecule has 4 nitrogen and oxygen atoms in total. The molecule has 0 aliphatic rings. The Kier molecular flexibility index (Phi) is 3.02. The van der Waals surface area contributed by atoms with E-state index in [2.05, 4.69) is 0 Å². The zero-order valence-electron chi connectivity index (χ0n) is 10.5. The highest BCUT2D eigenvalue weighted by Crippen LogP contribution is 2.27. The van der Waals surface area contributed by atoms with Crippen LogP contribution in [0.15, 0.2) is 22.6 Å². The molecule has 0 amide bonds. The van der Waals surface area contributed by atoms with Gasteiger partial charge in [-0.1, -0.05) is 6.07 Å². The fourth-order valence-electron chi connectivity index (χ4n) is 2.10. The largest absolute Gasteiger partial charge is 0.461 e. The first-order valence-corrected chi connectivity index (χ1v) is 7.54. The van der Waals surface area contributed by atoms with Gasteiger partial charge >= 0.3 is 0 Å². The highest BCUT2D eigenvalue weighted by atomic mass is 32.2. The maximum atomic E-state index is 11.6. The Morgan fingerprint density at radius 3 is 2.56 bits per heavy atom. The molecule has 0 aliphatic carbocycles. The average Bonchev–Trinajstić information content (AvgIpc) is 2.50. The topological polar surface area (TPSA) is 64.3 Å². The van der Waals surface area contributed by atoms with Crippen LogP contribution in [0.5, 0.6) is 0 Å². The summed E-state index contributed by atoms with van der Waals surface area (Å²) in [6.45, 7) is 3.20. The molecule has 2 rings (SSSR count). The van der Waals surface area contributed by atoms with Crippen LogP contribution in [0, 0.1) is 6.92 Å². The minimum absolute atomic E-state index is 0.0372.